The number of imidazole rings is 1. The summed E-state index contributed by atoms with van der Waals surface area (Å²) < 4.78 is 5.82. The van der Waals surface area contributed by atoms with E-state index in [-0.39, 0.29) is 0 Å². The van der Waals surface area contributed by atoms with Gasteiger partial charge in [-0.25, -0.2) is 0 Å². The van der Waals surface area contributed by atoms with Crippen molar-refractivity contribution >= 4 is 16.7 Å². The number of rotatable bonds is 2. The lowest BCUT2D eigenvalue weighted by molar-refractivity contribution is 0.449. The Labute approximate surface area is 116 Å². The third kappa shape index (κ3) is 1.90. The SMILES string of the molecule is Nc1ccc2nc(Oc3ccc4c(c3)CCC4)[nH]c2c1. The van der Waals surface area contributed by atoms with Gasteiger partial charge < -0.3 is 15.5 Å². The van der Waals surface area contributed by atoms with Crippen molar-refractivity contribution in [2.75, 3.05) is 5.73 Å². The van der Waals surface area contributed by atoms with Gasteiger partial charge in [0.25, 0.3) is 6.01 Å². The maximum atomic E-state index is 5.82. The molecular weight excluding hydrogens is 250 g/mol. The lowest BCUT2D eigenvalue weighted by atomic mass is 10.1. The number of nitrogen functional groups attached to an aromatic ring is 1. The van der Waals surface area contributed by atoms with Crippen LogP contribution in [0.25, 0.3) is 11.0 Å². The minimum atomic E-state index is 0.503. The Morgan fingerprint density at radius 2 is 1.95 bits per heavy atom. The number of H-pyrrole nitrogens is 1. The highest BCUT2D eigenvalue weighted by atomic mass is 16.5. The van der Waals surface area contributed by atoms with Crippen LogP contribution in [0.1, 0.15) is 17.5 Å². The second kappa shape index (κ2) is 4.27. The molecule has 4 rings (SSSR count). The van der Waals surface area contributed by atoms with Crippen LogP contribution in [0.2, 0.25) is 0 Å². The Kier molecular flexibility index (Phi) is 2.42. The topological polar surface area (TPSA) is 63.9 Å². The molecule has 4 nitrogen and oxygen atoms in total. The van der Waals surface area contributed by atoms with E-state index in [1.807, 2.05) is 24.3 Å². The third-order valence-corrected chi connectivity index (χ3v) is 3.77. The standard InChI is InChI=1S/C16H15N3O/c17-12-5-7-14-15(9-12)19-16(18-14)20-13-6-4-10-2-1-3-11(10)8-13/h4-9H,1-3,17H2,(H,18,19). The average molecular weight is 265 g/mol. The van der Waals surface area contributed by atoms with Gasteiger partial charge in [0.05, 0.1) is 11.0 Å². The fraction of sp³-hybridized carbons (Fsp3) is 0.188. The number of aromatic amines is 1. The lowest BCUT2D eigenvalue weighted by Crippen LogP contribution is -1.88. The fourth-order valence-corrected chi connectivity index (χ4v) is 2.78. The van der Waals surface area contributed by atoms with Gasteiger partial charge in [-0.3, -0.25) is 0 Å². The molecule has 0 saturated carbocycles. The van der Waals surface area contributed by atoms with E-state index in [0.717, 1.165) is 23.2 Å². The molecular formula is C16H15N3O. The van der Waals surface area contributed by atoms with Crippen LogP contribution >= 0.6 is 0 Å². The number of nitrogens with one attached hydrogen (secondary N) is 1. The number of hydrogen-bond donors (Lipinski definition) is 2. The van der Waals surface area contributed by atoms with Gasteiger partial charge in [-0.15, -0.1) is 0 Å². The molecule has 0 saturated heterocycles. The zero-order valence-corrected chi connectivity index (χ0v) is 11.0. The van der Waals surface area contributed by atoms with Crippen molar-refractivity contribution in [2.45, 2.75) is 19.3 Å². The molecule has 0 aliphatic heterocycles. The van der Waals surface area contributed by atoms with Crippen molar-refractivity contribution in [3.8, 4) is 11.8 Å². The Balaban J connectivity index is 1.66. The molecule has 1 aliphatic rings. The summed E-state index contributed by atoms with van der Waals surface area (Å²) in [6.45, 7) is 0. The molecule has 20 heavy (non-hydrogen) atoms. The number of benzene rings is 2. The van der Waals surface area contributed by atoms with Crippen LogP contribution in [0, 0.1) is 0 Å². The van der Waals surface area contributed by atoms with Gasteiger partial charge in [-0.05, 0) is 60.7 Å². The van der Waals surface area contributed by atoms with Crippen LogP contribution < -0.4 is 10.5 Å². The van der Waals surface area contributed by atoms with Crippen LogP contribution in [-0.4, -0.2) is 9.97 Å². The summed E-state index contributed by atoms with van der Waals surface area (Å²) >= 11 is 0. The number of anilines is 1. The number of fused-ring (bicyclic) bond motifs is 2. The maximum Gasteiger partial charge on any atom is 0.300 e. The van der Waals surface area contributed by atoms with E-state index in [1.165, 1.54) is 24.0 Å². The van der Waals surface area contributed by atoms with E-state index in [1.54, 1.807) is 0 Å². The predicted molar refractivity (Wildman–Crippen MR) is 79.0 cm³/mol. The molecule has 1 aromatic heterocycles. The van der Waals surface area contributed by atoms with E-state index >= 15 is 0 Å². The van der Waals surface area contributed by atoms with Crippen molar-refractivity contribution in [2.24, 2.45) is 0 Å². The normalized spacial score (nSPS) is 13.6. The van der Waals surface area contributed by atoms with Crippen LogP contribution in [0.5, 0.6) is 11.8 Å². The van der Waals surface area contributed by atoms with Crippen LogP contribution in [0.4, 0.5) is 5.69 Å². The number of nitrogens with zero attached hydrogens (tertiary/aromatic N) is 1. The molecule has 100 valence electrons. The van der Waals surface area contributed by atoms with Gasteiger partial charge in [0.2, 0.25) is 0 Å². The summed E-state index contributed by atoms with van der Waals surface area (Å²) in [5.41, 5.74) is 11.0. The second-order valence-electron chi connectivity index (χ2n) is 5.20. The molecule has 0 bridgehead atoms. The molecule has 0 radical (unpaired) electrons. The van der Waals surface area contributed by atoms with E-state index in [4.69, 9.17) is 10.5 Å². The summed E-state index contributed by atoms with van der Waals surface area (Å²) in [7, 11) is 0. The third-order valence-electron chi connectivity index (χ3n) is 3.77. The van der Waals surface area contributed by atoms with Crippen LogP contribution in [0.3, 0.4) is 0 Å². The Morgan fingerprint density at radius 1 is 1.05 bits per heavy atom. The first kappa shape index (κ1) is 11.3. The first-order chi connectivity index (χ1) is 9.78. The van der Waals surface area contributed by atoms with Gasteiger partial charge in [0.15, 0.2) is 0 Å². The van der Waals surface area contributed by atoms with E-state index in [9.17, 15) is 0 Å². The maximum absolute atomic E-state index is 5.82. The van der Waals surface area contributed by atoms with Crippen molar-refractivity contribution < 1.29 is 4.74 Å². The van der Waals surface area contributed by atoms with Gasteiger partial charge in [-0.1, -0.05) is 6.07 Å². The molecule has 0 atom stereocenters. The number of aromatic nitrogens is 2. The minimum absolute atomic E-state index is 0.503. The van der Waals surface area contributed by atoms with Crippen molar-refractivity contribution in [3.05, 3.63) is 47.5 Å². The Hall–Kier alpha value is -2.49. The number of nitrogens with two attached hydrogens (primary N) is 1. The molecule has 3 N–H and O–H groups in total. The molecule has 0 fully saturated rings. The number of hydrogen-bond acceptors (Lipinski definition) is 3. The van der Waals surface area contributed by atoms with Gasteiger partial charge in [0, 0.05) is 5.69 Å². The fourth-order valence-electron chi connectivity index (χ4n) is 2.78. The minimum Gasteiger partial charge on any atom is -0.426 e. The quantitative estimate of drug-likeness (QED) is 0.698. The predicted octanol–water partition coefficient (Wildman–Crippen LogP) is 3.43. The molecule has 0 spiro atoms. The zero-order chi connectivity index (χ0) is 13.5. The zero-order valence-electron chi connectivity index (χ0n) is 11.0. The summed E-state index contributed by atoms with van der Waals surface area (Å²) in [4.78, 5) is 7.55. The summed E-state index contributed by atoms with van der Waals surface area (Å²) in [6.07, 6.45) is 3.56. The summed E-state index contributed by atoms with van der Waals surface area (Å²) in [5, 5.41) is 0. The largest absolute Gasteiger partial charge is 0.426 e. The summed E-state index contributed by atoms with van der Waals surface area (Å²) in [6, 6.07) is 12.4. The molecule has 0 amide bonds. The van der Waals surface area contributed by atoms with Crippen LogP contribution in [0.15, 0.2) is 36.4 Å². The molecule has 1 aliphatic carbocycles. The van der Waals surface area contributed by atoms with Crippen molar-refractivity contribution in [3.63, 3.8) is 0 Å². The van der Waals surface area contributed by atoms with Gasteiger partial charge in [0.1, 0.15) is 5.75 Å². The number of aryl methyl sites for hydroxylation is 2. The number of ether oxygens (including phenoxy) is 1. The molecule has 1 heterocycles. The molecule has 4 heteroatoms. The highest BCUT2D eigenvalue weighted by Gasteiger charge is 2.12. The Bertz CT molecular complexity index is 792. The first-order valence-corrected chi connectivity index (χ1v) is 6.83. The van der Waals surface area contributed by atoms with Gasteiger partial charge in [-0.2, -0.15) is 4.98 Å². The average Bonchev–Trinajstić information content (AvgIpc) is 3.03. The van der Waals surface area contributed by atoms with Crippen LogP contribution in [-0.2, 0) is 12.8 Å². The second-order valence-corrected chi connectivity index (χ2v) is 5.20. The summed E-state index contributed by atoms with van der Waals surface area (Å²) in [5.74, 6) is 0.831. The van der Waals surface area contributed by atoms with E-state index in [2.05, 4.69) is 22.1 Å². The monoisotopic (exact) mass is 265 g/mol. The Morgan fingerprint density at radius 3 is 2.90 bits per heavy atom. The highest BCUT2D eigenvalue weighted by Crippen LogP contribution is 2.29. The highest BCUT2D eigenvalue weighted by molar-refractivity contribution is 5.79. The lowest BCUT2D eigenvalue weighted by Gasteiger charge is -2.04. The van der Waals surface area contributed by atoms with E-state index in [0.29, 0.717) is 11.7 Å². The van der Waals surface area contributed by atoms with Crippen molar-refractivity contribution in [1.29, 1.82) is 0 Å². The molecule has 3 aromatic rings. The van der Waals surface area contributed by atoms with Crippen molar-refractivity contribution in [1.82, 2.24) is 9.97 Å². The smallest absolute Gasteiger partial charge is 0.300 e. The van der Waals surface area contributed by atoms with E-state index < -0.39 is 0 Å². The molecule has 0 unspecified atom stereocenters. The first-order valence-electron chi connectivity index (χ1n) is 6.83. The van der Waals surface area contributed by atoms with Gasteiger partial charge >= 0.3 is 0 Å². The molecule has 2 aromatic carbocycles.